The summed E-state index contributed by atoms with van der Waals surface area (Å²) in [6.07, 6.45) is 2.86. The summed E-state index contributed by atoms with van der Waals surface area (Å²) in [6.45, 7) is 0.754. The van der Waals surface area contributed by atoms with Crippen LogP contribution in [0.4, 0.5) is 4.39 Å². The van der Waals surface area contributed by atoms with Crippen LogP contribution in [0.25, 0.3) is 11.0 Å². The number of carbonyl (C=O) groups is 1. The predicted octanol–water partition coefficient (Wildman–Crippen LogP) is 1.65. The Kier molecular flexibility index (Phi) is 4.79. The molecule has 9 heteroatoms. The van der Waals surface area contributed by atoms with Crippen LogP contribution < -0.4 is 0 Å². The fraction of sp³-hybridized carbons (Fsp3) is 0.500. The van der Waals surface area contributed by atoms with Crippen molar-refractivity contribution in [2.45, 2.75) is 25.3 Å². The number of nitrogens with one attached hydrogen (secondary N) is 1. The van der Waals surface area contributed by atoms with Crippen molar-refractivity contribution in [1.82, 2.24) is 19.2 Å². The van der Waals surface area contributed by atoms with Crippen molar-refractivity contribution in [2.24, 2.45) is 0 Å². The Labute approximate surface area is 145 Å². The summed E-state index contributed by atoms with van der Waals surface area (Å²) < 4.78 is 37.4. The second-order valence-corrected chi connectivity index (χ2v) is 8.45. The van der Waals surface area contributed by atoms with Crippen LogP contribution in [0.1, 0.15) is 31.1 Å². The largest absolute Gasteiger partial charge is 0.340 e. The number of aromatic nitrogens is 2. The van der Waals surface area contributed by atoms with Gasteiger partial charge in [-0.1, -0.05) is 0 Å². The maximum Gasteiger partial charge on any atom is 0.224 e. The quantitative estimate of drug-likeness (QED) is 0.869. The van der Waals surface area contributed by atoms with Crippen molar-refractivity contribution in [3.8, 4) is 0 Å². The molecule has 7 nitrogen and oxygen atoms in total. The first-order valence-electron chi connectivity index (χ1n) is 8.11. The van der Waals surface area contributed by atoms with Crippen molar-refractivity contribution >= 4 is 27.0 Å². The lowest BCUT2D eigenvalue weighted by molar-refractivity contribution is -0.132. The van der Waals surface area contributed by atoms with Gasteiger partial charge >= 0.3 is 0 Å². The van der Waals surface area contributed by atoms with Gasteiger partial charge in [-0.05, 0) is 31.0 Å². The second-order valence-electron chi connectivity index (χ2n) is 6.36. The summed E-state index contributed by atoms with van der Waals surface area (Å²) in [5, 5.41) is 0. The lowest BCUT2D eigenvalue weighted by Gasteiger charge is -2.24. The Balaban J connectivity index is 1.74. The number of hydrogen-bond donors (Lipinski definition) is 1. The molecule has 0 spiro atoms. The summed E-state index contributed by atoms with van der Waals surface area (Å²) in [7, 11) is -1.84. The number of amides is 1. The Morgan fingerprint density at radius 2 is 2.24 bits per heavy atom. The molecule has 25 heavy (non-hydrogen) atoms. The Morgan fingerprint density at radius 1 is 1.48 bits per heavy atom. The predicted molar refractivity (Wildman–Crippen MR) is 91.8 cm³/mol. The van der Waals surface area contributed by atoms with Crippen molar-refractivity contribution in [2.75, 3.05) is 26.4 Å². The third kappa shape index (κ3) is 3.82. The van der Waals surface area contributed by atoms with Gasteiger partial charge < -0.3 is 9.88 Å². The van der Waals surface area contributed by atoms with E-state index in [1.807, 2.05) is 0 Å². The van der Waals surface area contributed by atoms with Crippen LogP contribution in [0.3, 0.4) is 0 Å². The van der Waals surface area contributed by atoms with E-state index in [1.54, 1.807) is 11.0 Å². The van der Waals surface area contributed by atoms with Gasteiger partial charge in [-0.15, -0.1) is 0 Å². The summed E-state index contributed by atoms with van der Waals surface area (Å²) in [5.41, 5.74) is 1.26. The summed E-state index contributed by atoms with van der Waals surface area (Å²) >= 11 is 0. The highest BCUT2D eigenvalue weighted by Gasteiger charge is 2.32. The van der Waals surface area contributed by atoms with E-state index in [0.29, 0.717) is 23.4 Å². The monoisotopic (exact) mass is 368 g/mol. The molecule has 1 saturated heterocycles. The molecule has 1 aliphatic rings. The number of imidazole rings is 1. The number of likely N-dealkylation sites (tertiary alicyclic amines) is 1. The van der Waals surface area contributed by atoms with E-state index in [2.05, 4.69) is 9.97 Å². The Bertz CT molecular complexity index is 896. The van der Waals surface area contributed by atoms with E-state index in [-0.39, 0.29) is 30.7 Å². The van der Waals surface area contributed by atoms with Gasteiger partial charge in [-0.2, -0.15) is 0 Å². The molecular formula is C16H21FN4O3S. The zero-order chi connectivity index (χ0) is 18.2. The number of aromatic amines is 1. The fourth-order valence-electron chi connectivity index (χ4n) is 3.07. The average molecular weight is 368 g/mol. The highest BCUT2D eigenvalue weighted by molar-refractivity contribution is 7.88. The van der Waals surface area contributed by atoms with Crippen LogP contribution in [-0.4, -0.2) is 59.9 Å². The number of carbonyl (C=O) groups excluding carboxylic acids is 1. The van der Waals surface area contributed by atoms with Crippen LogP contribution in [0.5, 0.6) is 0 Å². The van der Waals surface area contributed by atoms with E-state index in [1.165, 1.54) is 23.5 Å². The minimum Gasteiger partial charge on any atom is -0.340 e. The van der Waals surface area contributed by atoms with Crippen LogP contribution in [-0.2, 0) is 14.8 Å². The molecule has 0 aliphatic carbocycles. The molecule has 1 aliphatic heterocycles. The van der Waals surface area contributed by atoms with Crippen LogP contribution in [0, 0.1) is 5.82 Å². The molecule has 2 aromatic rings. The number of fused-ring (bicyclic) bond motifs is 1. The van der Waals surface area contributed by atoms with Crippen LogP contribution >= 0.6 is 0 Å². The van der Waals surface area contributed by atoms with Gasteiger partial charge in [0.1, 0.15) is 11.6 Å². The lowest BCUT2D eigenvalue weighted by Crippen LogP contribution is -2.35. The molecule has 0 radical (unpaired) electrons. The summed E-state index contributed by atoms with van der Waals surface area (Å²) in [5.74, 6) is 0.193. The molecule has 1 aromatic heterocycles. The molecule has 1 amide bonds. The first-order chi connectivity index (χ1) is 11.8. The van der Waals surface area contributed by atoms with Gasteiger partial charge in [0.15, 0.2) is 0 Å². The number of halogens is 1. The Hall–Kier alpha value is -2.00. The van der Waals surface area contributed by atoms with Gasteiger partial charge in [0.05, 0.1) is 23.3 Å². The summed E-state index contributed by atoms with van der Waals surface area (Å²) in [6, 6.07) is 4.15. The topological polar surface area (TPSA) is 86.4 Å². The molecule has 2 heterocycles. The number of sulfonamides is 1. The number of H-pyrrole nitrogens is 1. The number of rotatable bonds is 5. The molecular weight excluding hydrogens is 347 g/mol. The minimum absolute atomic E-state index is 0.107. The number of nitrogens with zero attached hydrogens (tertiary/aromatic N) is 3. The Morgan fingerprint density at radius 3 is 2.96 bits per heavy atom. The molecule has 1 aromatic carbocycles. The normalized spacial score (nSPS) is 18.4. The molecule has 1 fully saturated rings. The van der Waals surface area contributed by atoms with Gasteiger partial charge in [-0.25, -0.2) is 22.1 Å². The minimum atomic E-state index is -3.30. The molecule has 1 unspecified atom stereocenters. The van der Waals surface area contributed by atoms with Gasteiger partial charge in [0, 0.05) is 26.6 Å². The lowest BCUT2D eigenvalue weighted by atomic mass is 10.2. The first kappa shape index (κ1) is 17.8. The van der Waals surface area contributed by atoms with Gasteiger partial charge in [-0.3, -0.25) is 4.79 Å². The van der Waals surface area contributed by atoms with Crippen molar-refractivity contribution in [3.63, 3.8) is 0 Å². The molecule has 1 N–H and O–H groups in total. The van der Waals surface area contributed by atoms with E-state index in [4.69, 9.17) is 0 Å². The first-order valence-corrected chi connectivity index (χ1v) is 9.96. The SMILES string of the molecule is CN(CCC(=O)N1CCCC1c1nc2ccc(F)cc2[nH]1)S(C)(=O)=O. The zero-order valence-electron chi connectivity index (χ0n) is 14.2. The molecule has 3 rings (SSSR count). The molecule has 0 bridgehead atoms. The third-order valence-electron chi connectivity index (χ3n) is 4.56. The molecule has 0 saturated carbocycles. The number of hydrogen-bond acceptors (Lipinski definition) is 4. The smallest absolute Gasteiger partial charge is 0.224 e. The second kappa shape index (κ2) is 6.72. The standard InChI is InChI=1S/C16H21FN4O3S/c1-20(25(2,23)24)9-7-15(22)21-8-3-4-14(21)16-18-12-6-5-11(17)10-13(12)19-16/h5-6,10,14H,3-4,7-9H2,1-2H3,(H,18,19). The molecule has 136 valence electrons. The highest BCUT2D eigenvalue weighted by atomic mass is 32.2. The van der Waals surface area contributed by atoms with Crippen molar-refractivity contribution in [3.05, 3.63) is 29.8 Å². The zero-order valence-corrected chi connectivity index (χ0v) is 15.0. The van der Waals surface area contributed by atoms with Crippen molar-refractivity contribution < 1.29 is 17.6 Å². The average Bonchev–Trinajstić information content (AvgIpc) is 3.16. The van der Waals surface area contributed by atoms with E-state index < -0.39 is 10.0 Å². The molecule has 1 atom stereocenters. The maximum absolute atomic E-state index is 13.3. The maximum atomic E-state index is 13.3. The highest BCUT2D eigenvalue weighted by Crippen LogP contribution is 2.32. The van der Waals surface area contributed by atoms with Gasteiger partial charge in [0.25, 0.3) is 0 Å². The van der Waals surface area contributed by atoms with Gasteiger partial charge in [0.2, 0.25) is 15.9 Å². The fourth-order valence-corrected chi connectivity index (χ4v) is 3.49. The summed E-state index contributed by atoms with van der Waals surface area (Å²) in [4.78, 5) is 21.8. The van der Waals surface area contributed by atoms with E-state index in [9.17, 15) is 17.6 Å². The van der Waals surface area contributed by atoms with Crippen LogP contribution in [0.15, 0.2) is 18.2 Å². The number of benzene rings is 1. The third-order valence-corrected chi connectivity index (χ3v) is 5.87. The van der Waals surface area contributed by atoms with E-state index in [0.717, 1.165) is 19.1 Å². The van der Waals surface area contributed by atoms with Crippen LogP contribution in [0.2, 0.25) is 0 Å². The van der Waals surface area contributed by atoms with E-state index >= 15 is 0 Å². The van der Waals surface area contributed by atoms with Crippen molar-refractivity contribution in [1.29, 1.82) is 0 Å².